The summed E-state index contributed by atoms with van der Waals surface area (Å²) < 4.78 is 6.85. The third-order valence-electron chi connectivity index (χ3n) is 5.47. The van der Waals surface area contributed by atoms with Crippen LogP contribution in [0.25, 0.3) is 5.69 Å². The minimum atomic E-state index is -0.146. The van der Waals surface area contributed by atoms with Gasteiger partial charge in [-0.3, -0.25) is 19.7 Å². The topological polar surface area (TPSA) is 79.7 Å². The molecule has 1 aliphatic rings. The minimum Gasteiger partial charge on any atom is -0.378 e. The first-order valence-electron chi connectivity index (χ1n) is 10.3. The number of aryl methyl sites for hydroxylation is 3. The lowest BCUT2D eigenvalue weighted by Crippen LogP contribution is -2.40. The van der Waals surface area contributed by atoms with Crippen molar-refractivity contribution >= 4 is 17.8 Å². The Morgan fingerprint density at radius 3 is 2.45 bits per heavy atom. The van der Waals surface area contributed by atoms with E-state index < -0.39 is 0 Å². The van der Waals surface area contributed by atoms with Crippen LogP contribution in [0.3, 0.4) is 0 Å². The molecule has 0 radical (unpaired) electrons. The molecule has 4 rings (SSSR count). The molecule has 0 spiro atoms. The summed E-state index contributed by atoms with van der Waals surface area (Å²) in [6, 6.07) is 13.1. The summed E-state index contributed by atoms with van der Waals surface area (Å²) in [6.45, 7) is 8.23. The molecule has 3 aromatic rings. The Hall–Kier alpha value is -3.45. The summed E-state index contributed by atoms with van der Waals surface area (Å²) in [7, 11) is 0. The highest BCUT2D eigenvalue weighted by molar-refractivity contribution is 5.94. The van der Waals surface area contributed by atoms with Gasteiger partial charge in [0.2, 0.25) is 0 Å². The average molecular weight is 418 g/mol. The third kappa shape index (κ3) is 4.36. The van der Waals surface area contributed by atoms with Gasteiger partial charge in [-0.25, -0.2) is 4.68 Å². The van der Waals surface area contributed by atoms with Crippen molar-refractivity contribution < 1.29 is 9.53 Å². The Kier molecular flexibility index (Phi) is 5.86. The van der Waals surface area contributed by atoms with Gasteiger partial charge in [-0.1, -0.05) is 17.7 Å². The van der Waals surface area contributed by atoms with Gasteiger partial charge in [-0.2, -0.15) is 0 Å². The van der Waals surface area contributed by atoms with Crippen LogP contribution in [0.1, 0.15) is 32.7 Å². The smallest absolute Gasteiger partial charge is 0.280 e. The van der Waals surface area contributed by atoms with Gasteiger partial charge in [-0.15, -0.1) is 0 Å². The first-order chi connectivity index (χ1) is 14.9. The highest BCUT2D eigenvalue weighted by atomic mass is 16.5. The van der Waals surface area contributed by atoms with E-state index in [0.29, 0.717) is 43.1 Å². The summed E-state index contributed by atoms with van der Waals surface area (Å²) in [6.07, 6.45) is 1.58. The third-order valence-corrected chi connectivity index (χ3v) is 5.47. The van der Waals surface area contributed by atoms with E-state index in [0.717, 1.165) is 22.5 Å². The summed E-state index contributed by atoms with van der Waals surface area (Å²) in [4.78, 5) is 31.7. The molecule has 160 valence electrons. The summed E-state index contributed by atoms with van der Waals surface area (Å²) >= 11 is 0. The van der Waals surface area contributed by atoms with Crippen LogP contribution in [0.5, 0.6) is 0 Å². The Balaban J connectivity index is 1.54. The van der Waals surface area contributed by atoms with Crippen LogP contribution < -0.4 is 5.56 Å². The van der Waals surface area contributed by atoms with Crippen molar-refractivity contribution in [2.75, 3.05) is 26.3 Å². The number of aromatic amines is 1. The fourth-order valence-corrected chi connectivity index (χ4v) is 3.72. The summed E-state index contributed by atoms with van der Waals surface area (Å²) in [5.41, 5.74) is 5.40. The van der Waals surface area contributed by atoms with E-state index in [-0.39, 0.29) is 11.5 Å². The largest absolute Gasteiger partial charge is 0.378 e. The van der Waals surface area contributed by atoms with Crippen LogP contribution in [0.15, 0.2) is 52.3 Å². The second-order valence-electron chi connectivity index (χ2n) is 7.79. The van der Waals surface area contributed by atoms with Crippen molar-refractivity contribution in [1.82, 2.24) is 14.7 Å². The van der Waals surface area contributed by atoms with Crippen LogP contribution in [-0.4, -0.2) is 53.1 Å². The number of ether oxygens (including phenoxy) is 1. The zero-order valence-electron chi connectivity index (χ0n) is 18.0. The number of hydrogen-bond donors (Lipinski definition) is 1. The highest BCUT2D eigenvalue weighted by Crippen LogP contribution is 2.17. The summed E-state index contributed by atoms with van der Waals surface area (Å²) in [5, 5.41) is 3.14. The number of aromatic nitrogens is 2. The van der Waals surface area contributed by atoms with Crippen molar-refractivity contribution in [2.45, 2.75) is 20.8 Å². The number of carbonyl (C=O) groups excluding carboxylic acids is 1. The number of hydrogen-bond acceptors (Lipinski definition) is 4. The molecular weight excluding hydrogens is 392 g/mol. The zero-order valence-corrected chi connectivity index (χ0v) is 18.0. The normalized spacial score (nSPS) is 14.4. The quantitative estimate of drug-likeness (QED) is 0.660. The number of amides is 1. The SMILES string of the molecule is Cc1ccc(-n2[nH]c(C)c(C=Nc3ccc(C(=O)N4CCOCC4)cc3)c2=O)c(C)c1. The second kappa shape index (κ2) is 8.73. The maximum atomic E-state index is 12.9. The van der Waals surface area contributed by atoms with Gasteiger partial charge in [0.25, 0.3) is 11.5 Å². The van der Waals surface area contributed by atoms with E-state index in [1.54, 1.807) is 40.1 Å². The Bertz CT molecular complexity index is 1180. The number of carbonyl (C=O) groups is 1. The molecule has 1 saturated heterocycles. The molecule has 0 saturated carbocycles. The lowest BCUT2D eigenvalue weighted by Gasteiger charge is -2.26. The molecular formula is C24H26N4O3. The van der Waals surface area contributed by atoms with Gasteiger partial charge in [0.05, 0.1) is 30.2 Å². The van der Waals surface area contributed by atoms with E-state index in [9.17, 15) is 9.59 Å². The number of nitrogens with zero attached hydrogens (tertiary/aromatic N) is 3. The van der Waals surface area contributed by atoms with E-state index >= 15 is 0 Å². The Morgan fingerprint density at radius 1 is 1.06 bits per heavy atom. The van der Waals surface area contributed by atoms with Crippen LogP contribution in [0.4, 0.5) is 5.69 Å². The lowest BCUT2D eigenvalue weighted by molar-refractivity contribution is 0.0303. The van der Waals surface area contributed by atoms with Crippen LogP contribution in [0, 0.1) is 20.8 Å². The van der Waals surface area contributed by atoms with Crippen molar-refractivity contribution in [2.24, 2.45) is 4.99 Å². The van der Waals surface area contributed by atoms with Gasteiger partial charge >= 0.3 is 0 Å². The molecule has 31 heavy (non-hydrogen) atoms. The van der Waals surface area contributed by atoms with Gasteiger partial charge < -0.3 is 9.64 Å². The Labute approximate surface area is 181 Å². The highest BCUT2D eigenvalue weighted by Gasteiger charge is 2.18. The molecule has 7 nitrogen and oxygen atoms in total. The fraction of sp³-hybridized carbons (Fsp3) is 0.292. The van der Waals surface area contributed by atoms with E-state index in [4.69, 9.17) is 4.74 Å². The fourth-order valence-electron chi connectivity index (χ4n) is 3.72. The molecule has 1 N–H and O–H groups in total. The first kappa shape index (κ1) is 20.8. The molecule has 2 heterocycles. The maximum absolute atomic E-state index is 12.9. The van der Waals surface area contributed by atoms with Crippen molar-refractivity contribution in [3.8, 4) is 5.69 Å². The maximum Gasteiger partial charge on any atom is 0.280 e. The molecule has 0 aliphatic carbocycles. The van der Waals surface area contributed by atoms with E-state index in [2.05, 4.69) is 10.1 Å². The summed E-state index contributed by atoms with van der Waals surface area (Å²) in [5.74, 6) is -0.00309. The molecule has 0 atom stereocenters. The molecule has 1 amide bonds. The van der Waals surface area contributed by atoms with E-state index in [1.807, 2.05) is 39.0 Å². The van der Waals surface area contributed by atoms with Crippen LogP contribution in [0.2, 0.25) is 0 Å². The number of aliphatic imine (C=N–C) groups is 1. The number of morpholine rings is 1. The van der Waals surface area contributed by atoms with Gasteiger partial charge in [-0.05, 0) is 56.7 Å². The second-order valence-corrected chi connectivity index (χ2v) is 7.79. The molecule has 1 fully saturated rings. The number of H-pyrrole nitrogens is 1. The number of benzene rings is 2. The van der Waals surface area contributed by atoms with Crippen molar-refractivity contribution in [3.05, 3.63) is 80.8 Å². The average Bonchev–Trinajstić information content (AvgIpc) is 3.06. The first-order valence-corrected chi connectivity index (χ1v) is 10.3. The molecule has 7 heteroatoms. The Morgan fingerprint density at radius 2 is 1.77 bits per heavy atom. The van der Waals surface area contributed by atoms with Crippen LogP contribution >= 0.6 is 0 Å². The molecule has 1 aromatic heterocycles. The van der Waals surface area contributed by atoms with Gasteiger partial charge in [0.1, 0.15) is 0 Å². The number of rotatable bonds is 4. The van der Waals surface area contributed by atoms with Crippen LogP contribution in [-0.2, 0) is 4.74 Å². The molecule has 2 aromatic carbocycles. The van der Waals surface area contributed by atoms with Crippen molar-refractivity contribution in [3.63, 3.8) is 0 Å². The predicted octanol–water partition coefficient (Wildman–Crippen LogP) is 3.31. The predicted molar refractivity (Wildman–Crippen MR) is 121 cm³/mol. The molecule has 0 bridgehead atoms. The monoisotopic (exact) mass is 418 g/mol. The van der Waals surface area contributed by atoms with Gasteiger partial charge in [0, 0.05) is 30.6 Å². The molecule has 0 unspecified atom stereocenters. The minimum absolute atomic E-state index is 0.00309. The van der Waals surface area contributed by atoms with Gasteiger partial charge in [0.15, 0.2) is 0 Å². The van der Waals surface area contributed by atoms with Crippen molar-refractivity contribution in [1.29, 1.82) is 0 Å². The lowest BCUT2D eigenvalue weighted by atomic mass is 10.1. The zero-order chi connectivity index (χ0) is 22.0. The van der Waals surface area contributed by atoms with E-state index in [1.165, 1.54) is 0 Å². The molecule has 1 aliphatic heterocycles. The standard InChI is InChI=1S/C24H26N4O3/c1-16-4-9-22(17(2)14-16)28-24(30)21(18(3)26-28)15-25-20-7-5-19(6-8-20)23(29)27-10-12-31-13-11-27/h4-9,14-15,26H,10-13H2,1-3H3. The number of nitrogens with one attached hydrogen (secondary N) is 1.